The normalized spacial score (nSPS) is 10.8. The number of rotatable bonds is 1. The average Bonchev–Trinajstić information content (AvgIpc) is 2.43. The minimum absolute atomic E-state index is 0.0795. The first-order valence-corrected chi connectivity index (χ1v) is 4.20. The van der Waals surface area contributed by atoms with E-state index >= 15 is 0 Å². The third-order valence-electron chi connectivity index (χ3n) is 2.11. The van der Waals surface area contributed by atoms with Gasteiger partial charge >= 0.3 is 0 Å². The zero-order chi connectivity index (χ0) is 9.42. The summed E-state index contributed by atoms with van der Waals surface area (Å²) >= 11 is 0. The first kappa shape index (κ1) is 7.91. The summed E-state index contributed by atoms with van der Waals surface area (Å²) in [6, 6.07) is 5.34. The van der Waals surface area contributed by atoms with E-state index in [9.17, 15) is 4.79 Å². The standard InChI is InChI=1S/C9H11N3O/c1-2-12-8-4-3-6(10)5-7(8)9(13)11-12/h3-5H,2,10H2,1H3,(H,11,13). The number of fused-ring (bicyclic) bond motifs is 1. The molecule has 4 nitrogen and oxygen atoms in total. The van der Waals surface area contributed by atoms with Crippen molar-refractivity contribution in [1.29, 1.82) is 0 Å². The zero-order valence-corrected chi connectivity index (χ0v) is 7.37. The maximum atomic E-state index is 11.4. The Labute approximate surface area is 75.0 Å². The minimum Gasteiger partial charge on any atom is -0.399 e. The fraction of sp³-hybridized carbons (Fsp3) is 0.222. The number of hydrogen-bond acceptors (Lipinski definition) is 2. The second-order valence-corrected chi connectivity index (χ2v) is 2.96. The van der Waals surface area contributed by atoms with Crippen LogP contribution in [0.5, 0.6) is 0 Å². The molecule has 1 aromatic heterocycles. The number of nitrogens with zero attached hydrogens (tertiary/aromatic N) is 1. The molecule has 0 radical (unpaired) electrons. The number of hydrogen-bond donors (Lipinski definition) is 2. The van der Waals surface area contributed by atoms with Crippen LogP contribution in [0.2, 0.25) is 0 Å². The van der Waals surface area contributed by atoms with Gasteiger partial charge in [0.05, 0.1) is 10.9 Å². The Bertz CT molecular complexity index is 495. The number of aryl methyl sites for hydroxylation is 1. The van der Waals surface area contributed by atoms with Gasteiger partial charge < -0.3 is 5.73 Å². The predicted molar refractivity (Wildman–Crippen MR) is 52.6 cm³/mol. The topological polar surface area (TPSA) is 63.8 Å². The van der Waals surface area contributed by atoms with Crippen molar-refractivity contribution in [1.82, 2.24) is 9.78 Å². The summed E-state index contributed by atoms with van der Waals surface area (Å²) in [5.74, 6) is 0. The largest absolute Gasteiger partial charge is 0.399 e. The first-order valence-electron chi connectivity index (χ1n) is 4.20. The van der Waals surface area contributed by atoms with E-state index in [-0.39, 0.29) is 5.56 Å². The fourth-order valence-corrected chi connectivity index (χ4v) is 1.46. The summed E-state index contributed by atoms with van der Waals surface area (Å²) in [7, 11) is 0. The number of anilines is 1. The van der Waals surface area contributed by atoms with Gasteiger partial charge in [0.1, 0.15) is 0 Å². The summed E-state index contributed by atoms with van der Waals surface area (Å²) in [6.45, 7) is 2.73. The first-order chi connectivity index (χ1) is 6.22. The lowest BCUT2D eigenvalue weighted by atomic mass is 10.2. The van der Waals surface area contributed by atoms with Crippen molar-refractivity contribution in [3.05, 3.63) is 28.6 Å². The molecule has 0 aliphatic heterocycles. The predicted octanol–water partition coefficient (Wildman–Crippen LogP) is 0.932. The van der Waals surface area contributed by atoms with Crippen molar-refractivity contribution in [3.63, 3.8) is 0 Å². The Morgan fingerprint density at radius 1 is 1.54 bits per heavy atom. The van der Waals surface area contributed by atoms with Gasteiger partial charge in [-0.2, -0.15) is 0 Å². The Hall–Kier alpha value is -1.71. The van der Waals surface area contributed by atoms with Crippen LogP contribution in [0.25, 0.3) is 10.9 Å². The second kappa shape index (κ2) is 2.65. The molecule has 3 N–H and O–H groups in total. The third kappa shape index (κ3) is 1.11. The van der Waals surface area contributed by atoms with Crippen LogP contribution in [0.4, 0.5) is 5.69 Å². The van der Waals surface area contributed by atoms with Crippen molar-refractivity contribution >= 4 is 16.6 Å². The number of nitrogens with one attached hydrogen (secondary N) is 1. The molecule has 68 valence electrons. The van der Waals surface area contributed by atoms with Gasteiger partial charge in [-0.15, -0.1) is 0 Å². The van der Waals surface area contributed by atoms with Gasteiger partial charge in [-0.05, 0) is 25.1 Å². The van der Waals surface area contributed by atoms with Crippen LogP contribution in [0.15, 0.2) is 23.0 Å². The quantitative estimate of drug-likeness (QED) is 0.636. The highest BCUT2D eigenvalue weighted by Crippen LogP contribution is 2.13. The molecule has 0 spiro atoms. The van der Waals surface area contributed by atoms with Gasteiger partial charge in [-0.1, -0.05) is 0 Å². The lowest BCUT2D eigenvalue weighted by molar-refractivity contribution is 0.676. The fourth-order valence-electron chi connectivity index (χ4n) is 1.46. The van der Waals surface area contributed by atoms with Crippen LogP contribution < -0.4 is 11.3 Å². The van der Waals surface area contributed by atoms with Gasteiger partial charge in [0.15, 0.2) is 0 Å². The van der Waals surface area contributed by atoms with Gasteiger partial charge in [-0.25, -0.2) is 0 Å². The van der Waals surface area contributed by atoms with Crippen LogP contribution in [-0.4, -0.2) is 9.78 Å². The summed E-state index contributed by atoms with van der Waals surface area (Å²) in [6.07, 6.45) is 0. The Balaban J connectivity index is 2.88. The molecule has 0 amide bonds. The molecule has 2 rings (SSSR count). The lowest BCUT2D eigenvalue weighted by Crippen LogP contribution is -2.03. The number of aromatic amines is 1. The molecular formula is C9H11N3O. The third-order valence-corrected chi connectivity index (χ3v) is 2.11. The van der Waals surface area contributed by atoms with E-state index < -0.39 is 0 Å². The van der Waals surface area contributed by atoms with Crippen molar-refractivity contribution in [2.45, 2.75) is 13.5 Å². The molecule has 0 bridgehead atoms. The molecule has 2 aromatic rings. The minimum atomic E-state index is -0.0795. The van der Waals surface area contributed by atoms with Gasteiger partial charge in [0.2, 0.25) is 0 Å². The Kier molecular flexibility index (Phi) is 1.62. The zero-order valence-electron chi connectivity index (χ0n) is 7.37. The van der Waals surface area contributed by atoms with E-state index in [0.29, 0.717) is 11.1 Å². The smallest absolute Gasteiger partial charge is 0.272 e. The molecule has 0 aliphatic rings. The monoisotopic (exact) mass is 177 g/mol. The summed E-state index contributed by atoms with van der Waals surface area (Å²) in [4.78, 5) is 11.4. The highest BCUT2D eigenvalue weighted by molar-refractivity contribution is 5.81. The van der Waals surface area contributed by atoms with E-state index in [1.807, 2.05) is 13.0 Å². The van der Waals surface area contributed by atoms with Crippen molar-refractivity contribution in [2.75, 3.05) is 5.73 Å². The number of nitrogen functional groups attached to an aromatic ring is 1. The summed E-state index contributed by atoms with van der Waals surface area (Å²) < 4.78 is 1.80. The van der Waals surface area contributed by atoms with E-state index in [1.54, 1.807) is 16.8 Å². The number of benzene rings is 1. The molecule has 0 unspecified atom stereocenters. The van der Waals surface area contributed by atoms with Gasteiger partial charge in [0, 0.05) is 12.2 Å². The van der Waals surface area contributed by atoms with Crippen molar-refractivity contribution in [2.24, 2.45) is 0 Å². The molecule has 0 fully saturated rings. The molecule has 0 saturated carbocycles. The van der Waals surface area contributed by atoms with E-state index in [1.165, 1.54) is 0 Å². The SMILES string of the molecule is CCn1[nH]c(=O)c2cc(N)ccc21. The van der Waals surface area contributed by atoms with Crippen molar-refractivity contribution < 1.29 is 0 Å². The molecule has 0 atom stereocenters. The molecule has 0 aliphatic carbocycles. The maximum absolute atomic E-state index is 11.4. The lowest BCUT2D eigenvalue weighted by Gasteiger charge is -1.98. The molecule has 1 aromatic carbocycles. The van der Waals surface area contributed by atoms with E-state index in [4.69, 9.17) is 5.73 Å². The Morgan fingerprint density at radius 2 is 2.31 bits per heavy atom. The number of H-pyrrole nitrogens is 1. The van der Waals surface area contributed by atoms with Crippen LogP contribution in [0.3, 0.4) is 0 Å². The maximum Gasteiger partial charge on any atom is 0.272 e. The highest BCUT2D eigenvalue weighted by Gasteiger charge is 2.04. The second-order valence-electron chi connectivity index (χ2n) is 2.96. The van der Waals surface area contributed by atoms with Gasteiger partial charge in [0.25, 0.3) is 5.56 Å². The van der Waals surface area contributed by atoms with Crippen LogP contribution in [-0.2, 0) is 6.54 Å². The highest BCUT2D eigenvalue weighted by atomic mass is 16.1. The number of aromatic nitrogens is 2. The van der Waals surface area contributed by atoms with Crippen molar-refractivity contribution in [3.8, 4) is 0 Å². The summed E-state index contributed by atoms with van der Waals surface area (Å²) in [5, 5.41) is 3.39. The van der Waals surface area contributed by atoms with Crippen LogP contribution in [0.1, 0.15) is 6.92 Å². The molecular weight excluding hydrogens is 166 g/mol. The Morgan fingerprint density at radius 3 is 3.00 bits per heavy atom. The van der Waals surface area contributed by atoms with Crippen LogP contribution >= 0.6 is 0 Å². The van der Waals surface area contributed by atoms with Gasteiger partial charge in [-0.3, -0.25) is 14.6 Å². The average molecular weight is 177 g/mol. The summed E-state index contributed by atoms with van der Waals surface area (Å²) in [5.41, 5.74) is 7.02. The molecule has 4 heteroatoms. The van der Waals surface area contributed by atoms with Crippen LogP contribution in [0, 0.1) is 0 Å². The molecule has 1 heterocycles. The van der Waals surface area contributed by atoms with E-state index in [2.05, 4.69) is 5.10 Å². The molecule has 0 saturated heterocycles. The number of nitrogens with two attached hydrogens (primary N) is 1. The molecule has 13 heavy (non-hydrogen) atoms. The van der Waals surface area contributed by atoms with E-state index in [0.717, 1.165) is 12.1 Å².